The molecule has 5 nitrogen and oxygen atoms in total. The van der Waals surface area contributed by atoms with Crippen LogP contribution in [0.3, 0.4) is 0 Å². The number of aromatic carboxylic acids is 1. The first-order valence-electron chi connectivity index (χ1n) is 6.86. The van der Waals surface area contributed by atoms with Crippen molar-refractivity contribution >= 4 is 23.1 Å². The molecule has 1 heterocycles. The molecule has 5 heteroatoms. The number of hydrogen-bond donors (Lipinski definition) is 2. The van der Waals surface area contributed by atoms with Crippen molar-refractivity contribution in [2.45, 2.75) is 39.7 Å². The van der Waals surface area contributed by atoms with Gasteiger partial charge in [-0.25, -0.2) is 4.79 Å². The molecule has 0 bridgehead atoms. The van der Waals surface area contributed by atoms with Gasteiger partial charge < -0.3 is 14.8 Å². The zero-order chi connectivity index (χ0) is 14.7. The highest BCUT2D eigenvalue weighted by Crippen LogP contribution is 2.21. The molecule has 1 unspecified atom stereocenters. The maximum absolute atomic E-state index is 10.9. The van der Waals surface area contributed by atoms with Gasteiger partial charge in [0.25, 0.3) is 6.01 Å². The molecule has 1 atom stereocenters. The van der Waals surface area contributed by atoms with E-state index in [0.717, 1.165) is 12.8 Å². The first-order chi connectivity index (χ1) is 9.45. The SMILES string of the molecule is CC(C)CCC(C)Nc1nc2ccc(C(=O)O)cc2o1. The molecule has 2 N–H and O–H groups in total. The van der Waals surface area contributed by atoms with Crippen LogP contribution in [0.5, 0.6) is 0 Å². The van der Waals surface area contributed by atoms with Crippen LogP contribution in [0.1, 0.15) is 44.0 Å². The van der Waals surface area contributed by atoms with Crippen LogP contribution < -0.4 is 5.32 Å². The third kappa shape index (κ3) is 3.50. The molecule has 0 aliphatic rings. The molecule has 0 spiro atoms. The maximum atomic E-state index is 10.9. The van der Waals surface area contributed by atoms with E-state index in [0.29, 0.717) is 23.0 Å². The summed E-state index contributed by atoms with van der Waals surface area (Å²) in [5.41, 5.74) is 1.35. The van der Waals surface area contributed by atoms with E-state index in [1.54, 1.807) is 6.07 Å². The minimum Gasteiger partial charge on any atom is -0.478 e. The topological polar surface area (TPSA) is 75.4 Å². The van der Waals surface area contributed by atoms with Gasteiger partial charge in [-0.15, -0.1) is 0 Å². The Kier molecular flexibility index (Phi) is 4.27. The molecule has 0 saturated carbocycles. The molecule has 108 valence electrons. The number of oxazole rings is 1. The molecule has 0 aliphatic carbocycles. The highest BCUT2D eigenvalue weighted by Gasteiger charge is 2.11. The summed E-state index contributed by atoms with van der Waals surface area (Å²) < 4.78 is 5.55. The molecule has 1 aromatic carbocycles. The summed E-state index contributed by atoms with van der Waals surface area (Å²) >= 11 is 0. The van der Waals surface area contributed by atoms with Crippen molar-refractivity contribution in [2.24, 2.45) is 5.92 Å². The van der Waals surface area contributed by atoms with E-state index in [1.165, 1.54) is 12.1 Å². The van der Waals surface area contributed by atoms with Crippen molar-refractivity contribution in [3.8, 4) is 0 Å². The lowest BCUT2D eigenvalue weighted by Crippen LogP contribution is -2.15. The Bertz CT molecular complexity index is 604. The molecular weight excluding hydrogens is 256 g/mol. The average molecular weight is 276 g/mol. The first kappa shape index (κ1) is 14.4. The van der Waals surface area contributed by atoms with E-state index in [4.69, 9.17) is 9.52 Å². The van der Waals surface area contributed by atoms with Crippen molar-refractivity contribution in [1.82, 2.24) is 4.98 Å². The molecule has 0 amide bonds. The van der Waals surface area contributed by atoms with Gasteiger partial charge in [0.2, 0.25) is 0 Å². The fourth-order valence-electron chi connectivity index (χ4n) is 1.99. The summed E-state index contributed by atoms with van der Waals surface area (Å²) in [7, 11) is 0. The third-order valence-electron chi connectivity index (χ3n) is 3.18. The van der Waals surface area contributed by atoms with E-state index in [2.05, 4.69) is 31.1 Å². The number of carboxylic acid groups (broad SMARTS) is 1. The Balaban J connectivity index is 2.09. The fourth-order valence-corrected chi connectivity index (χ4v) is 1.99. The van der Waals surface area contributed by atoms with E-state index in [-0.39, 0.29) is 11.6 Å². The summed E-state index contributed by atoms with van der Waals surface area (Å²) in [5, 5.41) is 12.2. The normalized spacial score (nSPS) is 12.8. The Morgan fingerprint density at radius 1 is 1.35 bits per heavy atom. The zero-order valence-corrected chi connectivity index (χ0v) is 12.0. The van der Waals surface area contributed by atoms with E-state index < -0.39 is 5.97 Å². The molecule has 2 rings (SSSR count). The predicted octanol–water partition coefficient (Wildman–Crippen LogP) is 3.76. The summed E-state index contributed by atoms with van der Waals surface area (Å²) in [5.74, 6) is -0.302. The van der Waals surface area contributed by atoms with Crippen LogP contribution in [0.15, 0.2) is 22.6 Å². The van der Waals surface area contributed by atoms with Gasteiger partial charge in [-0.2, -0.15) is 4.98 Å². The molecule has 0 radical (unpaired) electrons. The minimum atomic E-state index is -0.969. The highest BCUT2D eigenvalue weighted by atomic mass is 16.4. The van der Waals surface area contributed by atoms with Gasteiger partial charge >= 0.3 is 5.97 Å². The standard InChI is InChI=1S/C15H20N2O3/c1-9(2)4-5-10(3)16-15-17-12-7-6-11(14(18)19)8-13(12)20-15/h6-10H,4-5H2,1-3H3,(H,16,17)(H,18,19). The van der Waals surface area contributed by atoms with Crippen LogP contribution >= 0.6 is 0 Å². The first-order valence-corrected chi connectivity index (χ1v) is 6.86. The summed E-state index contributed by atoms with van der Waals surface area (Å²) in [6.07, 6.45) is 2.17. The number of nitrogens with one attached hydrogen (secondary N) is 1. The van der Waals surface area contributed by atoms with Crippen molar-refractivity contribution in [3.05, 3.63) is 23.8 Å². The van der Waals surface area contributed by atoms with Gasteiger partial charge in [0.1, 0.15) is 5.52 Å². The van der Waals surface area contributed by atoms with Crippen LogP contribution in [0.4, 0.5) is 6.01 Å². The van der Waals surface area contributed by atoms with Gasteiger partial charge in [0.15, 0.2) is 5.58 Å². The van der Waals surface area contributed by atoms with Gasteiger partial charge in [-0.05, 0) is 43.9 Å². The summed E-state index contributed by atoms with van der Waals surface area (Å²) in [4.78, 5) is 15.2. The number of carboxylic acids is 1. The van der Waals surface area contributed by atoms with Crippen LogP contribution in [0.2, 0.25) is 0 Å². The van der Waals surface area contributed by atoms with Gasteiger partial charge in [-0.3, -0.25) is 0 Å². The fraction of sp³-hybridized carbons (Fsp3) is 0.467. The Hall–Kier alpha value is -2.04. The Morgan fingerprint density at radius 3 is 2.75 bits per heavy atom. The smallest absolute Gasteiger partial charge is 0.335 e. The largest absolute Gasteiger partial charge is 0.478 e. The van der Waals surface area contributed by atoms with Crippen molar-refractivity contribution in [3.63, 3.8) is 0 Å². The molecule has 20 heavy (non-hydrogen) atoms. The molecular formula is C15H20N2O3. The summed E-state index contributed by atoms with van der Waals surface area (Å²) in [6, 6.07) is 5.39. The number of nitrogens with zero attached hydrogens (tertiary/aromatic N) is 1. The van der Waals surface area contributed by atoms with Crippen LogP contribution in [-0.4, -0.2) is 22.1 Å². The van der Waals surface area contributed by atoms with Crippen molar-refractivity contribution in [1.29, 1.82) is 0 Å². The van der Waals surface area contributed by atoms with Crippen LogP contribution in [0, 0.1) is 5.92 Å². The lowest BCUT2D eigenvalue weighted by molar-refractivity contribution is 0.0697. The monoisotopic (exact) mass is 276 g/mol. The number of fused-ring (bicyclic) bond motifs is 1. The van der Waals surface area contributed by atoms with E-state index in [9.17, 15) is 4.79 Å². The van der Waals surface area contributed by atoms with Gasteiger partial charge in [0, 0.05) is 6.04 Å². The summed E-state index contributed by atoms with van der Waals surface area (Å²) in [6.45, 7) is 6.47. The van der Waals surface area contributed by atoms with E-state index >= 15 is 0 Å². The molecule has 1 aromatic heterocycles. The number of anilines is 1. The lowest BCUT2D eigenvalue weighted by atomic mass is 10.0. The zero-order valence-electron chi connectivity index (χ0n) is 12.0. The number of hydrogen-bond acceptors (Lipinski definition) is 4. The lowest BCUT2D eigenvalue weighted by Gasteiger charge is -2.12. The van der Waals surface area contributed by atoms with Crippen molar-refractivity contribution < 1.29 is 14.3 Å². The molecule has 0 fully saturated rings. The third-order valence-corrected chi connectivity index (χ3v) is 3.18. The molecule has 0 saturated heterocycles. The Labute approximate surface area is 118 Å². The van der Waals surface area contributed by atoms with Gasteiger partial charge in [-0.1, -0.05) is 13.8 Å². The maximum Gasteiger partial charge on any atom is 0.335 e. The molecule has 2 aromatic rings. The average Bonchev–Trinajstić information content (AvgIpc) is 2.77. The number of benzene rings is 1. The van der Waals surface area contributed by atoms with Gasteiger partial charge in [0.05, 0.1) is 5.56 Å². The second-order valence-electron chi connectivity index (χ2n) is 5.52. The van der Waals surface area contributed by atoms with Crippen LogP contribution in [-0.2, 0) is 0 Å². The Morgan fingerprint density at radius 2 is 2.10 bits per heavy atom. The predicted molar refractivity (Wildman–Crippen MR) is 78.1 cm³/mol. The second kappa shape index (κ2) is 5.94. The number of carbonyl (C=O) groups is 1. The van der Waals surface area contributed by atoms with Crippen LogP contribution in [0.25, 0.3) is 11.1 Å². The minimum absolute atomic E-state index is 0.202. The van der Waals surface area contributed by atoms with E-state index in [1.807, 2.05) is 0 Å². The number of aromatic nitrogens is 1. The quantitative estimate of drug-likeness (QED) is 0.840. The second-order valence-corrected chi connectivity index (χ2v) is 5.52. The highest BCUT2D eigenvalue weighted by molar-refractivity contribution is 5.92. The number of rotatable bonds is 6. The molecule has 0 aliphatic heterocycles. The van der Waals surface area contributed by atoms with Crippen molar-refractivity contribution in [2.75, 3.05) is 5.32 Å².